The predicted molar refractivity (Wildman–Crippen MR) is 75.2 cm³/mol. The minimum atomic E-state index is -0.158. The van der Waals surface area contributed by atoms with Crippen molar-refractivity contribution in [3.05, 3.63) is 59.9 Å². The fourth-order valence-corrected chi connectivity index (χ4v) is 2.28. The fraction of sp³-hybridized carbons (Fsp3) is 0.267. The average molecular weight is 241 g/mol. The molecule has 1 aromatic heterocycles. The molecule has 1 unspecified atom stereocenters. The van der Waals surface area contributed by atoms with Crippen molar-refractivity contribution in [1.29, 1.82) is 0 Å². The Morgan fingerprint density at radius 1 is 1.17 bits per heavy atom. The minimum absolute atomic E-state index is 0.158. The quantitative estimate of drug-likeness (QED) is 0.806. The molecule has 2 aromatic rings. The maximum atomic E-state index is 6.06. The van der Waals surface area contributed by atoms with Crippen molar-refractivity contribution in [3.8, 4) is 0 Å². The zero-order chi connectivity index (χ0) is 13.0. The first-order valence-corrected chi connectivity index (χ1v) is 6.10. The monoisotopic (exact) mass is 241 g/mol. The fourth-order valence-electron chi connectivity index (χ4n) is 2.28. The number of aromatic nitrogens is 1. The van der Waals surface area contributed by atoms with Crippen molar-refractivity contribution < 1.29 is 0 Å². The largest absolute Gasteiger partial charge is 0.398 e. The van der Waals surface area contributed by atoms with Gasteiger partial charge in [0.1, 0.15) is 0 Å². The van der Waals surface area contributed by atoms with Crippen LogP contribution in [-0.4, -0.2) is 11.5 Å². The van der Waals surface area contributed by atoms with Gasteiger partial charge in [0, 0.05) is 30.0 Å². The molecular formula is C15H19N3. The molecule has 1 atom stereocenters. The van der Waals surface area contributed by atoms with Crippen LogP contribution in [0.2, 0.25) is 0 Å². The lowest BCUT2D eigenvalue weighted by molar-refractivity contribution is 0.482. The van der Waals surface area contributed by atoms with Gasteiger partial charge in [-0.15, -0.1) is 0 Å². The molecule has 3 nitrogen and oxygen atoms in total. The van der Waals surface area contributed by atoms with Gasteiger partial charge in [-0.2, -0.15) is 0 Å². The summed E-state index contributed by atoms with van der Waals surface area (Å²) in [6, 6.07) is 11.9. The van der Waals surface area contributed by atoms with Crippen LogP contribution in [0.3, 0.4) is 0 Å². The lowest BCUT2D eigenvalue weighted by Crippen LogP contribution is -2.35. The van der Waals surface area contributed by atoms with E-state index in [1.165, 1.54) is 5.56 Å². The summed E-state index contributed by atoms with van der Waals surface area (Å²) in [5, 5.41) is 0. The molecule has 1 heterocycles. The first-order chi connectivity index (χ1) is 8.65. The third-order valence-corrected chi connectivity index (χ3v) is 3.38. The van der Waals surface area contributed by atoms with Gasteiger partial charge in [-0.3, -0.25) is 4.98 Å². The van der Waals surface area contributed by atoms with Gasteiger partial charge in [-0.25, -0.2) is 0 Å². The third kappa shape index (κ3) is 2.51. The molecule has 4 N–H and O–H groups in total. The summed E-state index contributed by atoms with van der Waals surface area (Å²) in [4.78, 5) is 4.15. The second kappa shape index (κ2) is 5.19. The molecular weight excluding hydrogens is 222 g/mol. The highest BCUT2D eigenvalue weighted by atomic mass is 14.6. The highest BCUT2D eigenvalue weighted by Gasteiger charge is 2.27. The number of nitrogens with two attached hydrogens (primary N) is 2. The van der Waals surface area contributed by atoms with E-state index in [4.69, 9.17) is 11.5 Å². The normalized spacial score (nSPS) is 14.1. The average Bonchev–Trinajstić information content (AvgIpc) is 2.40. The summed E-state index contributed by atoms with van der Waals surface area (Å²) in [6.07, 6.45) is 4.50. The van der Waals surface area contributed by atoms with Gasteiger partial charge in [-0.1, -0.05) is 31.2 Å². The highest BCUT2D eigenvalue weighted by Crippen LogP contribution is 2.30. The molecule has 0 saturated heterocycles. The van der Waals surface area contributed by atoms with Crippen molar-refractivity contribution in [3.63, 3.8) is 0 Å². The molecule has 0 spiro atoms. The van der Waals surface area contributed by atoms with Gasteiger partial charge in [-0.05, 0) is 29.7 Å². The molecule has 0 radical (unpaired) electrons. The Kier molecular flexibility index (Phi) is 3.63. The molecule has 0 aliphatic rings. The second-order valence-corrected chi connectivity index (χ2v) is 4.89. The number of nitrogen functional groups attached to an aromatic ring is 1. The zero-order valence-corrected chi connectivity index (χ0v) is 10.6. The van der Waals surface area contributed by atoms with Crippen molar-refractivity contribution in [1.82, 2.24) is 4.98 Å². The predicted octanol–water partition coefficient (Wildman–Crippen LogP) is 2.12. The number of rotatable bonds is 4. The molecule has 0 saturated carbocycles. The van der Waals surface area contributed by atoms with Crippen LogP contribution in [0, 0.1) is 0 Å². The summed E-state index contributed by atoms with van der Waals surface area (Å²) in [6.45, 7) is 2.70. The maximum Gasteiger partial charge on any atom is 0.0352 e. The topological polar surface area (TPSA) is 64.9 Å². The van der Waals surface area contributed by atoms with E-state index in [1.54, 1.807) is 6.20 Å². The van der Waals surface area contributed by atoms with Crippen molar-refractivity contribution in [2.45, 2.75) is 18.8 Å². The van der Waals surface area contributed by atoms with E-state index in [9.17, 15) is 0 Å². The van der Waals surface area contributed by atoms with Crippen molar-refractivity contribution in [2.75, 3.05) is 12.3 Å². The number of pyridine rings is 1. The molecule has 0 bridgehead atoms. The van der Waals surface area contributed by atoms with Gasteiger partial charge in [0.05, 0.1) is 0 Å². The standard InChI is InChI=1S/C15H19N3/c1-15(11-16,9-12-5-4-8-18-10-12)13-6-2-3-7-14(13)17/h2-8,10H,9,11,16-17H2,1H3. The Balaban J connectivity index is 2.34. The SMILES string of the molecule is CC(CN)(Cc1cccnc1)c1ccccc1N. The summed E-state index contributed by atoms with van der Waals surface area (Å²) < 4.78 is 0. The van der Waals surface area contributed by atoms with Crippen molar-refractivity contribution >= 4 is 5.69 Å². The van der Waals surface area contributed by atoms with E-state index >= 15 is 0 Å². The van der Waals surface area contributed by atoms with Gasteiger partial charge >= 0.3 is 0 Å². The van der Waals surface area contributed by atoms with Gasteiger partial charge in [0.15, 0.2) is 0 Å². The Labute approximate surface area is 108 Å². The molecule has 0 aliphatic heterocycles. The van der Waals surface area contributed by atoms with Crippen LogP contribution in [0.15, 0.2) is 48.8 Å². The minimum Gasteiger partial charge on any atom is -0.398 e. The molecule has 94 valence electrons. The van der Waals surface area contributed by atoms with Gasteiger partial charge in [0.2, 0.25) is 0 Å². The smallest absolute Gasteiger partial charge is 0.0352 e. The summed E-state index contributed by atoms with van der Waals surface area (Å²) in [5.41, 5.74) is 15.0. The first kappa shape index (κ1) is 12.6. The zero-order valence-electron chi connectivity index (χ0n) is 10.6. The van der Waals surface area contributed by atoms with Crippen LogP contribution < -0.4 is 11.5 Å². The number of hydrogen-bond donors (Lipinski definition) is 2. The molecule has 2 rings (SSSR count). The van der Waals surface area contributed by atoms with Crippen LogP contribution in [0.5, 0.6) is 0 Å². The van der Waals surface area contributed by atoms with Crippen LogP contribution in [0.25, 0.3) is 0 Å². The van der Waals surface area contributed by atoms with Crippen LogP contribution in [-0.2, 0) is 11.8 Å². The number of benzene rings is 1. The van der Waals surface area contributed by atoms with E-state index in [-0.39, 0.29) is 5.41 Å². The molecule has 3 heteroatoms. The van der Waals surface area contributed by atoms with E-state index in [1.807, 2.05) is 30.5 Å². The Morgan fingerprint density at radius 3 is 2.56 bits per heavy atom. The summed E-state index contributed by atoms with van der Waals surface area (Å²) in [5.74, 6) is 0. The third-order valence-electron chi connectivity index (χ3n) is 3.38. The van der Waals surface area contributed by atoms with Crippen LogP contribution in [0.1, 0.15) is 18.1 Å². The van der Waals surface area contributed by atoms with E-state index in [0.717, 1.165) is 17.7 Å². The van der Waals surface area contributed by atoms with E-state index < -0.39 is 0 Å². The Bertz CT molecular complexity index is 510. The number of hydrogen-bond acceptors (Lipinski definition) is 3. The first-order valence-electron chi connectivity index (χ1n) is 6.10. The maximum absolute atomic E-state index is 6.06. The lowest BCUT2D eigenvalue weighted by Gasteiger charge is -2.30. The molecule has 18 heavy (non-hydrogen) atoms. The summed E-state index contributed by atoms with van der Waals surface area (Å²) >= 11 is 0. The van der Waals surface area contributed by atoms with E-state index in [0.29, 0.717) is 6.54 Å². The highest BCUT2D eigenvalue weighted by molar-refractivity contribution is 5.51. The molecule has 0 aliphatic carbocycles. The number of anilines is 1. The Hall–Kier alpha value is -1.87. The van der Waals surface area contributed by atoms with E-state index in [2.05, 4.69) is 24.0 Å². The van der Waals surface area contributed by atoms with Crippen LogP contribution in [0.4, 0.5) is 5.69 Å². The summed E-state index contributed by atoms with van der Waals surface area (Å²) in [7, 11) is 0. The van der Waals surface area contributed by atoms with Crippen molar-refractivity contribution in [2.24, 2.45) is 5.73 Å². The van der Waals surface area contributed by atoms with Crippen LogP contribution >= 0.6 is 0 Å². The molecule has 0 fully saturated rings. The number of para-hydroxylation sites is 1. The molecule has 0 amide bonds. The second-order valence-electron chi connectivity index (χ2n) is 4.89. The molecule has 1 aromatic carbocycles. The Morgan fingerprint density at radius 2 is 1.94 bits per heavy atom. The lowest BCUT2D eigenvalue weighted by atomic mass is 9.77. The number of nitrogens with zero attached hydrogens (tertiary/aromatic N) is 1. The van der Waals surface area contributed by atoms with Gasteiger partial charge < -0.3 is 11.5 Å². The van der Waals surface area contributed by atoms with Gasteiger partial charge in [0.25, 0.3) is 0 Å².